The lowest BCUT2D eigenvalue weighted by Gasteiger charge is -2.38. The molecule has 1 aliphatic rings. The molecule has 0 radical (unpaired) electrons. The van der Waals surface area contributed by atoms with Gasteiger partial charge in [0.25, 0.3) is 0 Å². The maximum absolute atomic E-state index is 14.7. The fourth-order valence-electron chi connectivity index (χ4n) is 4.12. The van der Waals surface area contributed by atoms with Crippen LogP contribution < -0.4 is 10.5 Å². The number of hydrogen-bond donors (Lipinski definition) is 2. The molecule has 0 bridgehead atoms. The summed E-state index contributed by atoms with van der Waals surface area (Å²) in [4.78, 5) is 0.588. The maximum Gasteiger partial charge on any atom is 0.160 e. The Kier molecular flexibility index (Phi) is 8.78. The van der Waals surface area contributed by atoms with E-state index in [1.54, 1.807) is 24.1 Å². The Hall–Kier alpha value is -2.29. The molecule has 174 valence electrons. The number of nitrogens with zero attached hydrogens (tertiary/aromatic N) is 2. The standard InChI is InChI=1S/C24H33FN4O2S/c1-4-24(31-12-11-28-32(30)19-15-27-29(3)16-19)23(25)10-9-17(2)22(14-26)21-13-18-7-5-6-8-20(18)21/h5-10,15-17,21-22,28H,4,11-14,26H2,1-3H3. The van der Waals surface area contributed by atoms with Crippen LogP contribution in [0, 0.1) is 11.8 Å². The first kappa shape index (κ1) is 24.4. The molecule has 4 atom stereocenters. The molecular weight excluding hydrogens is 427 g/mol. The van der Waals surface area contributed by atoms with Crippen molar-refractivity contribution in [3.8, 4) is 0 Å². The minimum absolute atomic E-state index is 0.144. The summed E-state index contributed by atoms with van der Waals surface area (Å²) >= 11 is 0. The van der Waals surface area contributed by atoms with Crippen molar-refractivity contribution in [1.82, 2.24) is 14.5 Å². The predicted octanol–water partition coefficient (Wildman–Crippen LogP) is 3.75. The summed E-state index contributed by atoms with van der Waals surface area (Å²) in [5.41, 5.74) is 8.84. The number of nitrogens with two attached hydrogens (primary N) is 1. The Morgan fingerprint density at radius 2 is 2.25 bits per heavy atom. The van der Waals surface area contributed by atoms with E-state index in [1.807, 2.05) is 13.0 Å². The lowest BCUT2D eigenvalue weighted by Crippen LogP contribution is -2.33. The second-order valence-electron chi connectivity index (χ2n) is 8.11. The van der Waals surface area contributed by atoms with Crippen LogP contribution in [-0.4, -0.2) is 33.7 Å². The van der Waals surface area contributed by atoms with Crippen molar-refractivity contribution >= 4 is 11.0 Å². The minimum atomic E-state index is -1.37. The van der Waals surface area contributed by atoms with Gasteiger partial charge in [-0.1, -0.05) is 44.2 Å². The van der Waals surface area contributed by atoms with Crippen LogP contribution in [0.2, 0.25) is 0 Å². The highest BCUT2D eigenvalue weighted by Crippen LogP contribution is 2.43. The summed E-state index contributed by atoms with van der Waals surface area (Å²) in [6.07, 6.45) is 8.09. The summed E-state index contributed by atoms with van der Waals surface area (Å²) in [5.74, 6) is 0.757. The van der Waals surface area contributed by atoms with Gasteiger partial charge in [-0.2, -0.15) is 5.10 Å². The van der Waals surface area contributed by atoms with Gasteiger partial charge in [-0.25, -0.2) is 13.3 Å². The van der Waals surface area contributed by atoms with Crippen LogP contribution in [0.4, 0.5) is 4.39 Å². The lowest BCUT2D eigenvalue weighted by atomic mass is 9.67. The number of benzene rings is 1. The Labute approximate surface area is 192 Å². The van der Waals surface area contributed by atoms with E-state index in [0.29, 0.717) is 36.1 Å². The molecule has 1 heterocycles. The van der Waals surface area contributed by atoms with Crippen molar-refractivity contribution in [3.05, 3.63) is 71.5 Å². The fourth-order valence-corrected chi connectivity index (χ4v) is 4.95. The molecule has 1 aromatic heterocycles. The molecule has 0 fully saturated rings. The van der Waals surface area contributed by atoms with Crippen molar-refractivity contribution in [1.29, 1.82) is 0 Å². The molecule has 32 heavy (non-hydrogen) atoms. The average molecular weight is 461 g/mol. The van der Waals surface area contributed by atoms with Crippen molar-refractivity contribution in [2.75, 3.05) is 19.7 Å². The van der Waals surface area contributed by atoms with Crippen LogP contribution in [0.25, 0.3) is 0 Å². The van der Waals surface area contributed by atoms with Crippen LogP contribution in [0.5, 0.6) is 0 Å². The van der Waals surface area contributed by atoms with Gasteiger partial charge in [0.1, 0.15) is 23.4 Å². The van der Waals surface area contributed by atoms with Gasteiger partial charge >= 0.3 is 0 Å². The summed E-state index contributed by atoms with van der Waals surface area (Å²) in [6.45, 7) is 5.05. The van der Waals surface area contributed by atoms with Gasteiger partial charge in [-0.05, 0) is 47.9 Å². The number of rotatable bonds is 12. The zero-order valence-electron chi connectivity index (χ0n) is 19.0. The van der Waals surface area contributed by atoms with Gasteiger partial charge in [-0.15, -0.1) is 0 Å². The van der Waals surface area contributed by atoms with Crippen LogP contribution >= 0.6 is 0 Å². The van der Waals surface area contributed by atoms with Crippen LogP contribution in [0.1, 0.15) is 37.3 Å². The molecule has 0 spiro atoms. The van der Waals surface area contributed by atoms with Crippen molar-refractivity contribution in [2.24, 2.45) is 24.6 Å². The number of fused-ring (bicyclic) bond motifs is 1. The molecule has 1 aromatic carbocycles. The third kappa shape index (κ3) is 5.94. The molecule has 6 nitrogen and oxygen atoms in total. The summed E-state index contributed by atoms with van der Waals surface area (Å²) < 4.78 is 36.9. The van der Waals surface area contributed by atoms with Crippen LogP contribution in [0.15, 0.2) is 65.3 Å². The lowest BCUT2D eigenvalue weighted by molar-refractivity contribution is 0.201. The van der Waals surface area contributed by atoms with Gasteiger partial charge in [0.05, 0.1) is 11.1 Å². The Bertz CT molecular complexity index is 988. The van der Waals surface area contributed by atoms with E-state index in [0.717, 1.165) is 6.42 Å². The number of hydrogen-bond acceptors (Lipinski definition) is 4. The monoisotopic (exact) mass is 460 g/mol. The van der Waals surface area contributed by atoms with E-state index >= 15 is 0 Å². The molecule has 1 aliphatic carbocycles. The smallest absolute Gasteiger partial charge is 0.160 e. The Morgan fingerprint density at radius 3 is 2.91 bits per heavy atom. The van der Waals surface area contributed by atoms with Crippen molar-refractivity contribution < 1.29 is 13.3 Å². The normalized spacial score (nSPS) is 19.1. The van der Waals surface area contributed by atoms with E-state index in [4.69, 9.17) is 10.5 Å². The van der Waals surface area contributed by atoms with Gasteiger partial charge in [0.15, 0.2) is 5.83 Å². The summed E-state index contributed by atoms with van der Waals surface area (Å²) in [7, 11) is 0.393. The van der Waals surface area contributed by atoms with Crippen LogP contribution in [-0.2, 0) is 29.2 Å². The zero-order chi connectivity index (χ0) is 23.1. The highest BCUT2D eigenvalue weighted by molar-refractivity contribution is 7.83. The molecule has 0 aliphatic heterocycles. The molecule has 3 rings (SSSR count). The second-order valence-corrected chi connectivity index (χ2v) is 9.41. The largest absolute Gasteiger partial charge is 0.494 e. The minimum Gasteiger partial charge on any atom is -0.494 e. The third-order valence-electron chi connectivity index (χ3n) is 6.00. The molecule has 4 unspecified atom stereocenters. The molecule has 0 saturated heterocycles. The van der Waals surface area contributed by atoms with E-state index in [2.05, 4.69) is 41.0 Å². The number of halogens is 1. The highest BCUT2D eigenvalue weighted by Gasteiger charge is 2.34. The number of ether oxygens (including phenoxy) is 1. The first-order valence-electron chi connectivity index (χ1n) is 11.1. The van der Waals surface area contributed by atoms with Gasteiger partial charge < -0.3 is 10.5 Å². The van der Waals surface area contributed by atoms with Crippen LogP contribution in [0.3, 0.4) is 0 Å². The number of aryl methyl sites for hydroxylation is 1. The van der Waals surface area contributed by atoms with E-state index in [9.17, 15) is 8.60 Å². The number of nitrogens with one attached hydrogen (secondary N) is 1. The SMILES string of the molecule is CCC(OCCNS(=O)c1cnn(C)c1)=C(F)C=CC(C)C(CN)C1Cc2ccccc21. The fraction of sp³-hybridized carbons (Fsp3) is 0.458. The molecule has 3 N–H and O–H groups in total. The first-order chi connectivity index (χ1) is 15.4. The van der Waals surface area contributed by atoms with Crippen molar-refractivity contribution in [2.45, 2.75) is 37.5 Å². The summed E-state index contributed by atoms with van der Waals surface area (Å²) in [6, 6.07) is 8.46. The zero-order valence-corrected chi connectivity index (χ0v) is 19.8. The van der Waals surface area contributed by atoms with Gasteiger partial charge in [0.2, 0.25) is 0 Å². The molecule has 0 amide bonds. The molecular formula is C24H33FN4O2S. The molecule has 8 heteroatoms. The maximum atomic E-state index is 14.7. The summed E-state index contributed by atoms with van der Waals surface area (Å²) in [5, 5.41) is 3.99. The highest BCUT2D eigenvalue weighted by atomic mass is 32.2. The van der Waals surface area contributed by atoms with Gasteiger partial charge in [-0.3, -0.25) is 4.68 Å². The third-order valence-corrected chi connectivity index (χ3v) is 7.10. The molecule has 0 saturated carbocycles. The topological polar surface area (TPSA) is 82.2 Å². The first-order valence-corrected chi connectivity index (χ1v) is 12.2. The van der Waals surface area contributed by atoms with E-state index in [1.165, 1.54) is 17.2 Å². The average Bonchev–Trinajstić information content (AvgIpc) is 3.22. The molecule has 2 aromatic rings. The number of allylic oxidation sites excluding steroid dienone is 4. The number of aromatic nitrogens is 2. The quantitative estimate of drug-likeness (QED) is 0.287. The van der Waals surface area contributed by atoms with E-state index < -0.39 is 11.0 Å². The van der Waals surface area contributed by atoms with Crippen molar-refractivity contribution in [3.63, 3.8) is 0 Å². The Balaban J connectivity index is 1.51. The van der Waals surface area contributed by atoms with E-state index in [-0.39, 0.29) is 24.3 Å². The Morgan fingerprint density at radius 1 is 1.47 bits per heavy atom. The second kappa shape index (κ2) is 11.5. The predicted molar refractivity (Wildman–Crippen MR) is 126 cm³/mol. The van der Waals surface area contributed by atoms with Gasteiger partial charge in [0, 0.05) is 26.2 Å².